The molecule has 22 heavy (non-hydrogen) atoms. The molecule has 0 radical (unpaired) electrons. The van der Waals surface area contributed by atoms with Gasteiger partial charge in [0.2, 0.25) is 5.90 Å². The zero-order valence-corrected chi connectivity index (χ0v) is 12.4. The third-order valence-electron chi connectivity index (χ3n) is 3.10. The second-order valence-corrected chi connectivity index (χ2v) is 4.86. The molecule has 0 amide bonds. The molecule has 0 bridgehead atoms. The Balaban J connectivity index is 2.47. The zero-order chi connectivity index (χ0) is 16.3. The number of hydrogen-bond acceptors (Lipinski definition) is 4. The highest BCUT2D eigenvalue weighted by atomic mass is 19.1. The number of aliphatic imine (C=N–C) groups is 2. The molecule has 0 aliphatic carbocycles. The van der Waals surface area contributed by atoms with Gasteiger partial charge in [0, 0.05) is 32.1 Å². The fourth-order valence-corrected chi connectivity index (χ4v) is 1.96. The van der Waals surface area contributed by atoms with Gasteiger partial charge in [0.1, 0.15) is 5.82 Å². The molecular weight excluding hydrogens is 283 g/mol. The second kappa shape index (κ2) is 6.26. The molecule has 0 saturated heterocycles. The molecule has 2 rings (SSSR count). The van der Waals surface area contributed by atoms with Crippen molar-refractivity contribution < 1.29 is 9.50 Å². The van der Waals surface area contributed by atoms with Crippen LogP contribution < -0.4 is 10.6 Å². The van der Waals surface area contributed by atoms with Crippen LogP contribution in [0.25, 0.3) is 5.70 Å². The number of rotatable bonds is 3. The summed E-state index contributed by atoms with van der Waals surface area (Å²) in [4.78, 5) is 9.77. The molecule has 5 nitrogen and oxygen atoms in total. The van der Waals surface area contributed by atoms with E-state index in [0.29, 0.717) is 22.7 Å². The van der Waals surface area contributed by atoms with E-state index in [1.54, 1.807) is 37.2 Å². The van der Waals surface area contributed by atoms with Gasteiger partial charge in [0.05, 0.1) is 22.7 Å². The summed E-state index contributed by atoms with van der Waals surface area (Å²) in [5.74, 6) is -0.624. The Morgan fingerprint density at radius 1 is 1.41 bits per heavy atom. The van der Waals surface area contributed by atoms with Gasteiger partial charge in [-0.2, -0.15) is 0 Å². The van der Waals surface area contributed by atoms with Crippen LogP contribution >= 0.6 is 0 Å². The molecule has 1 aromatic rings. The molecule has 1 aliphatic rings. The Kier molecular flexibility index (Phi) is 4.41. The number of hydrogen-bond donors (Lipinski definition) is 2. The van der Waals surface area contributed by atoms with Gasteiger partial charge in [0.25, 0.3) is 0 Å². The van der Waals surface area contributed by atoms with E-state index in [9.17, 15) is 9.50 Å². The van der Waals surface area contributed by atoms with Gasteiger partial charge in [-0.15, -0.1) is 0 Å². The quantitative estimate of drug-likeness (QED) is 0.901. The van der Waals surface area contributed by atoms with Crippen LogP contribution in [-0.2, 0) is 0 Å². The summed E-state index contributed by atoms with van der Waals surface area (Å²) in [6.07, 6.45) is 4.26. The van der Waals surface area contributed by atoms with Crippen molar-refractivity contribution in [3.63, 3.8) is 0 Å². The fourth-order valence-electron chi connectivity index (χ4n) is 1.96. The number of anilines is 1. The molecule has 0 fully saturated rings. The monoisotopic (exact) mass is 300 g/mol. The predicted molar refractivity (Wildman–Crippen MR) is 88.7 cm³/mol. The van der Waals surface area contributed by atoms with Gasteiger partial charge in [0.15, 0.2) is 0 Å². The van der Waals surface area contributed by atoms with Gasteiger partial charge in [-0.25, -0.2) is 9.38 Å². The average Bonchev–Trinajstić information content (AvgIpc) is 2.48. The van der Waals surface area contributed by atoms with Crippen molar-refractivity contribution in [1.82, 2.24) is 0 Å². The van der Waals surface area contributed by atoms with E-state index in [4.69, 9.17) is 5.73 Å². The summed E-state index contributed by atoms with van der Waals surface area (Å²) in [5, 5.41) is 9.86. The first-order chi connectivity index (χ1) is 10.4. The SMILES string of the molecule is C=C1C(O)=NC(c2ccc(N(C)C)c(F)c2)=C/C1=N/C=C\N. The Labute approximate surface area is 128 Å². The Bertz CT molecular complexity index is 730. The van der Waals surface area contributed by atoms with E-state index in [1.165, 1.54) is 18.5 Å². The third-order valence-corrected chi connectivity index (χ3v) is 3.10. The highest BCUT2D eigenvalue weighted by Gasteiger charge is 2.18. The van der Waals surface area contributed by atoms with Crippen molar-refractivity contribution in [3.05, 3.63) is 60.2 Å². The van der Waals surface area contributed by atoms with Crippen molar-refractivity contribution in [3.8, 4) is 0 Å². The van der Waals surface area contributed by atoms with Crippen LogP contribution in [0.2, 0.25) is 0 Å². The summed E-state index contributed by atoms with van der Waals surface area (Å²) in [6.45, 7) is 3.70. The van der Waals surface area contributed by atoms with E-state index >= 15 is 0 Å². The number of benzene rings is 1. The van der Waals surface area contributed by atoms with E-state index in [1.807, 2.05) is 0 Å². The summed E-state index contributed by atoms with van der Waals surface area (Å²) in [6, 6.07) is 4.74. The summed E-state index contributed by atoms with van der Waals surface area (Å²) < 4.78 is 14.1. The molecular formula is C16H17FN4O. The minimum absolute atomic E-state index is 0.251. The smallest absolute Gasteiger partial charge is 0.220 e. The molecule has 1 aliphatic heterocycles. The van der Waals surface area contributed by atoms with Crippen molar-refractivity contribution >= 4 is 23.0 Å². The maximum Gasteiger partial charge on any atom is 0.220 e. The maximum absolute atomic E-state index is 14.1. The Hall–Kier alpha value is -2.89. The van der Waals surface area contributed by atoms with Gasteiger partial charge in [-0.05, 0) is 18.2 Å². The Morgan fingerprint density at radius 3 is 2.73 bits per heavy atom. The predicted octanol–water partition coefficient (Wildman–Crippen LogP) is 2.63. The highest BCUT2D eigenvalue weighted by molar-refractivity contribution is 6.29. The molecule has 6 heteroatoms. The molecule has 114 valence electrons. The maximum atomic E-state index is 14.1. The fraction of sp³-hybridized carbons (Fsp3) is 0.125. The lowest BCUT2D eigenvalue weighted by atomic mass is 10.0. The molecule has 1 heterocycles. The lowest BCUT2D eigenvalue weighted by molar-refractivity contribution is 0.556. The topological polar surface area (TPSA) is 74.2 Å². The second-order valence-electron chi connectivity index (χ2n) is 4.86. The zero-order valence-electron chi connectivity index (χ0n) is 12.4. The van der Waals surface area contributed by atoms with E-state index in [0.717, 1.165) is 0 Å². The first-order valence-electron chi connectivity index (χ1n) is 6.55. The number of aliphatic hydroxyl groups is 1. The van der Waals surface area contributed by atoms with Crippen LogP contribution in [-0.4, -0.2) is 30.8 Å². The van der Waals surface area contributed by atoms with E-state index in [2.05, 4.69) is 16.6 Å². The first-order valence-corrected chi connectivity index (χ1v) is 6.55. The molecule has 0 unspecified atom stereocenters. The Morgan fingerprint density at radius 2 is 2.14 bits per heavy atom. The lowest BCUT2D eigenvalue weighted by Crippen LogP contribution is -2.15. The van der Waals surface area contributed by atoms with Crippen molar-refractivity contribution in [2.45, 2.75) is 0 Å². The van der Waals surface area contributed by atoms with Crippen LogP contribution in [0.3, 0.4) is 0 Å². The highest BCUT2D eigenvalue weighted by Crippen LogP contribution is 2.26. The molecule has 0 saturated carbocycles. The lowest BCUT2D eigenvalue weighted by Gasteiger charge is -2.16. The molecule has 0 atom stereocenters. The molecule has 3 N–H and O–H groups in total. The standard InChI is InChI=1S/C16H17FN4O/c1-10-13(19-7-6-18)9-14(20-16(10)22)11-4-5-15(21(2)3)12(17)8-11/h4-9H,1,18H2,2-3H3,(H,20,22)/b7-6-,19-13-. The van der Waals surface area contributed by atoms with Gasteiger partial charge in [-0.1, -0.05) is 12.6 Å². The number of aliphatic hydroxyl groups excluding tert-OH is 1. The summed E-state index contributed by atoms with van der Waals surface area (Å²) >= 11 is 0. The number of halogens is 1. The first kappa shape index (κ1) is 15.5. The molecule has 1 aromatic carbocycles. The normalized spacial score (nSPS) is 16.9. The van der Waals surface area contributed by atoms with Crippen molar-refractivity contribution in [2.24, 2.45) is 15.7 Å². The third kappa shape index (κ3) is 3.06. The average molecular weight is 300 g/mol. The van der Waals surface area contributed by atoms with Crippen LogP contribution in [0.5, 0.6) is 0 Å². The van der Waals surface area contributed by atoms with Gasteiger partial charge < -0.3 is 15.7 Å². The van der Waals surface area contributed by atoms with Crippen LogP contribution in [0.15, 0.2) is 58.8 Å². The minimum atomic E-state index is -0.372. The van der Waals surface area contributed by atoms with E-state index in [-0.39, 0.29) is 17.3 Å². The minimum Gasteiger partial charge on any atom is -0.493 e. The van der Waals surface area contributed by atoms with Gasteiger partial charge in [-0.3, -0.25) is 4.99 Å². The van der Waals surface area contributed by atoms with Crippen molar-refractivity contribution in [2.75, 3.05) is 19.0 Å². The summed E-state index contributed by atoms with van der Waals surface area (Å²) in [7, 11) is 3.52. The largest absolute Gasteiger partial charge is 0.493 e. The summed E-state index contributed by atoms with van der Waals surface area (Å²) in [5.41, 5.74) is 7.36. The number of allylic oxidation sites excluding steroid dienone is 1. The number of nitrogens with zero attached hydrogens (tertiary/aromatic N) is 3. The van der Waals surface area contributed by atoms with Gasteiger partial charge >= 0.3 is 0 Å². The molecule has 0 aromatic heterocycles. The van der Waals surface area contributed by atoms with Crippen LogP contribution in [0.4, 0.5) is 10.1 Å². The number of nitrogens with two attached hydrogens (primary N) is 1. The molecule has 0 spiro atoms. The van der Waals surface area contributed by atoms with E-state index < -0.39 is 0 Å². The van der Waals surface area contributed by atoms with Crippen LogP contribution in [0.1, 0.15) is 5.56 Å². The van der Waals surface area contributed by atoms with Crippen LogP contribution in [0, 0.1) is 5.82 Å². The van der Waals surface area contributed by atoms with Crippen molar-refractivity contribution in [1.29, 1.82) is 0 Å².